The smallest absolute Gasteiger partial charge is 0.303 e. The third-order valence-corrected chi connectivity index (χ3v) is 21.6. The van der Waals surface area contributed by atoms with Crippen LogP contribution in [-0.4, -0.2) is 265 Å². The third-order valence-electron chi connectivity index (χ3n) is 20.9. The number of hydrogen-bond donors (Lipinski definition) is 31. The van der Waals surface area contributed by atoms with Crippen LogP contribution in [0.2, 0.25) is 0 Å². The molecule has 6 aromatic rings. The minimum Gasteiger partial charge on any atom is -0.508 e. The summed E-state index contributed by atoms with van der Waals surface area (Å²) in [5.41, 5.74) is 30.3. The van der Waals surface area contributed by atoms with Crippen molar-refractivity contribution < 1.29 is 102 Å². The summed E-state index contributed by atoms with van der Waals surface area (Å²) in [4.78, 5) is 243. The van der Waals surface area contributed by atoms with Crippen molar-refractivity contribution in [2.24, 2.45) is 28.7 Å². The van der Waals surface area contributed by atoms with E-state index in [2.05, 4.69) is 120 Å². The number of unbranched alkanes of at least 4 members (excludes halogenated alkanes) is 1. The molecule has 0 spiro atoms. The van der Waals surface area contributed by atoms with Crippen LogP contribution in [0.25, 0.3) is 21.8 Å². The van der Waals surface area contributed by atoms with Crippen LogP contribution in [0.4, 0.5) is 0 Å². The number of phenolic OH excluding ortho intramolecular Hbond substituents is 2. The van der Waals surface area contributed by atoms with Crippen molar-refractivity contribution in [1.82, 2.24) is 95.0 Å². The van der Waals surface area contributed by atoms with Gasteiger partial charge in [0.1, 0.15) is 90.0 Å². The Hall–Kier alpha value is -14.3. The van der Waals surface area contributed by atoms with Crippen molar-refractivity contribution in [2.75, 3.05) is 37.7 Å². The molecular weight excluding hydrogens is 1770 g/mol. The van der Waals surface area contributed by atoms with Crippen LogP contribution < -0.4 is 114 Å². The fourth-order valence-electron chi connectivity index (χ4n) is 13.8. The topological polar surface area (TPSA) is 773 Å². The van der Waals surface area contributed by atoms with Crippen molar-refractivity contribution in [2.45, 2.75) is 202 Å². The van der Waals surface area contributed by atoms with Crippen LogP contribution in [0, 0.1) is 10.8 Å². The molecule has 0 aliphatic rings. The Bertz CT molecular complexity index is 5080. The van der Waals surface area contributed by atoms with E-state index in [0.717, 1.165) is 13.8 Å². The maximum Gasteiger partial charge on any atom is 0.303 e. The molecule has 722 valence electrons. The highest BCUT2D eigenvalue weighted by Crippen LogP contribution is 2.23. The summed E-state index contributed by atoms with van der Waals surface area (Å²) in [7, 11) is 0. The zero-order valence-electron chi connectivity index (χ0n) is 73.3. The fourth-order valence-corrected chi connectivity index (χ4v) is 14.3. The number of guanidine groups is 2. The Kier molecular flexibility index (Phi) is 43.9. The number of aromatic hydroxyl groups is 2. The molecule has 2 heterocycles. The number of aliphatic hydroxyl groups excluding tert-OH is 1. The van der Waals surface area contributed by atoms with Gasteiger partial charge in [0.05, 0.1) is 12.6 Å². The number of primary amides is 2. The van der Waals surface area contributed by atoms with Crippen LogP contribution in [0.5, 0.6) is 11.5 Å². The first-order chi connectivity index (χ1) is 63.2. The number of aliphatic hydroxyl groups is 1. The molecule has 0 aliphatic carbocycles. The van der Waals surface area contributed by atoms with Crippen molar-refractivity contribution in [3.8, 4) is 11.5 Å². The summed E-state index contributed by atoms with van der Waals surface area (Å²) in [6.07, 6.45) is -2.17. The van der Waals surface area contributed by atoms with E-state index in [9.17, 15) is 82.8 Å². The van der Waals surface area contributed by atoms with Gasteiger partial charge in [-0.2, -0.15) is 25.3 Å². The number of aliphatic carboxylic acids is 1. The molecule has 0 saturated carbocycles. The number of carbonyl (C=O) groups is 17. The monoisotopic (exact) mass is 1890 g/mol. The van der Waals surface area contributed by atoms with Gasteiger partial charge in [-0.3, -0.25) is 92.3 Å². The van der Waals surface area contributed by atoms with Crippen LogP contribution in [0.3, 0.4) is 0 Å². The lowest BCUT2D eigenvalue weighted by Gasteiger charge is -2.29. The number of aromatic amines is 2. The Balaban J connectivity index is 1.30. The second-order valence-corrected chi connectivity index (χ2v) is 32.2. The largest absolute Gasteiger partial charge is 0.508 e. The molecule has 0 saturated heterocycles. The molecule has 16 amide bonds. The number of para-hydroxylation sites is 2. The number of thiol groups is 2. The van der Waals surface area contributed by atoms with Crippen LogP contribution in [0.15, 0.2) is 109 Å². The molecule has 48 heteroatoms. The first-order valence-corrected chi connectivity index (χ1v) is 43.8. The number of nitrogens with two attached hydrogens (primary N) is 5. The van der Waals surface area contributed by atoms with E-state index in [-0.39, 0.29) is 87.3 Å². The molecule has 133 heavy (non-hydrogen) atoms. The number of benzene rings is 4. The highest BCUT2D eigenvalue weighted by Gasteiger charge is 2.39. The average molecular weight is 1890 g/mol. The molecule has 14 atom stereocenters. The van der Waals surface area contributed by atoms with E-state index < -0.39 is 241 Å². The van der Waals surface area contributed by atoms with E-state index in [4.69, 9.17) is 39.5 Å². The van der Waals surface area contributed by atoms with Gasteiger partial charge in [0.2, 0.25) is 94.5 Å². The second kappa shape index (κ2) is 54.4. The Morgan fingerprint density at radius 2 is 0.759 bits per heavy atom. The number of carboxylic acids is 1. The van der Waals surface area contributed by atoms with E-state index in [0.29, 0.717) is 57.9 Å². The van der Waals surface area contributed by atoms with Gasteiger partial charge in [-0.25, -0.2) is 0 Å². The first-order valence-electron chi connectivity index (χ1n) is 42.6. The van der Waals surface area contributed by atoms with Crippen molar-refractivity contribution in [3.63, 3.8) is 0 Å². The highest BCUT2D eigenvalue weighted by molar-refractivity contribution is 7.80. The van der Waals surface area contributed by atoms with Gasteiger partial charge in [-0.1, -0.05) is 60.7 Å². The highest BCUT2D eigenvalue weighted by atomic mass is 32.1. The summed E-state index contributed by atoms with van der Waals surface area (Å²) >= 11 is 8.53. The van der Waals surface area contributed by atoms with Crippen molar-refractivity contribution in [1.29, 1.82) is 10.8 Å². The summed E-state index contributed by atoms with van der Waals surface area (Å²) in [5, 5.41) is 98.2. The van der Waals surface area contributed by atoms with Crippen LogP contribution in [0.1, 0.15) is 114 Å². The second-order valence-electron chi connectivity index (χ2n) is 31.4. The van der Waals surface area contributed by atoms with E-state index in [1.54, 1.807) is 48.5 Å². The molecule has 4 aromatic carbocycles. The number of amides is 16. The zero-order valence-corrected chi connectivity index (χ0v) is 75.1. The van der Waals surface area contributed by atoms with E-state index in [1.807, 2.05) is 0 Å². The van der Waals surface area contributed by atoms with Gasteiger partial charge in [-0.05, 0) is 137 Å². The predicted molar refractivity (Wildman–Crippen MR) is 492 cm³/mol. The SMILES string of the molecule is CC(=O)N[C@@H](CS)C(=O)N[C@@H](CCCNC(=N)N)C(=O)N[C@H](C(=O)N[C@@H](Cc1c[nH]c2ccccc12)C(=O)N[C@@H](CCC(N)=O)C(=O)N[C@@H](CS)C(=O)N[C@@H](Cc1ccc(O)cc1)C(=O)N[C@@H](Cc1c[nH]c2ccccc12)C(=O)N[C@@H](CCCNC(=N)N)C(=O)N[C@@H](CCC(=O)O)C(=O)N[C@@H](Cc1ccc(O)cc1)C(=O)NCC(=O)N[C@@H](C)C(=O)N[C@H](CCCCN)C(N)=O)[C@@H](C)O. The normalized spacial score (nSPS) is 14.2. The molecular formula is C85H119N25O21S2. The molecule has 0 aliphatic heterocycles. The molecule has 6 rings (SSSR count). The first kappa shape index (κ1) is 107. The number of hydrogen-bond acceptors (Lipinski definition) is 25. The van der Waals surface area contributed by atoms with Gasteiger partial charge in [0.15, 0.2) is 11.9 Å². The Morgan fingerprint density at radius 1 is 0.398 bits per heavy atom. The summed E-state index contributed by atoms with van der Waals surface area (Å²) < 4.78 is 0. The lowest BCUT2D eigenvalue weighted by atomic mass is 10.0. The zero-order chi connectivity index (χ0) is 98.1. The average Bonchev–Trinajstić information content (AvgIpc) is 1.70. The number of H-pyrrole nitrogens is 2. The third kappa shape index (κ3) is 36.5. The number of phenols is 2. The minimum absolute atomic E-state index is 0.0374. The van der Waals surface area contributed by atoms with Crippen molar-refractivity contribution >= 4 is 159 Å². The van der Waals surface area contributed by atoms with E-state index >= 15 is 19.2 Å². The molecule has 2 aromatic heterocycles. The minimum atomic E-state index is -1.89. The molecule has 0 unspecified atom stereocenters. The number of nitrogens with one attached hydrogen (secondary N) is 20. The molecule has 34 N–H and O–H groups in total. The van der Waals surface area contributed by atoms with Crippen LogP contribution >= 0.6 is 25.3 Å². The van der Waals surface area contributed by atoms with Crippen molar-refractivity contribution in [3.05, 3.63) is 132 Å². The molecule has 0 radical (unpaired) electrons. The quantitative estimate of drug-likeness (QED) is 0.00732. The molecule has 46 nitrogen and oxygen atoms in total. The van der Waals surface area contributed by atoms with Gasteiger partial charge in [0.25, 0.3) is 0 Å². The number of aromatic nitrogens is 2. The number of carboxylic acid groups (broad SMARTS) is 1. The standard InChI is InChI=1S/C85H119N25O21S2/c1-43(72(120)100-56(71(88)119)16-8-9-31-86)98-68(116)40-97-73(121)61(34-46-19-23-50(113)24-20-46)105-75(123)60(28-30-69(117)118)103-74(122)57(17-10-32-93-84(89)90)101-79(127)63(36-48-38-95-54-14-6-4-12-52(48)54)107-78(126)62(35-47-21-25-51(114)26-22-47)106-82(130)66(42-133)109-76(124)59(27-29-67(87)115)104-80(128)64(37-49-39-96-55-15-7-5-13-53(49)55)108-83(131)70(44(2)111)110-77(125)58(18-11-33-94-85(91)92)102-81(129)65(41-132)99-45(3)112/h4-7,12-15,19-26,38-39,43-44,56-66,70,95-96,111,113-114,132-133H,8-11,16-18,27-37,40-42,86H2,1-3H3,(H2,87,115)(H2,88,119)(H,97,121)(H,98,116)(H,99,112)(H,100,120)(H,101,127)(H,102,129)(H,103,122)(H,104,128)(H,105,123)(H,106,130)(H,107,126)(H,108,131)(H,109,124)(H,110,125)(H,117,118)(H4,89,90,93)(H4,91,92,94)/t43-,44+,56+,57-,58-,59-,60-,61-,62-,63-,64-,65-,66-,70-/m0/s1. The number of fused-ring (bicyclic) bond motifs is 2. The van der Waals surface area contributed by atoms with Crippen LogP contribution in [-0.2, 0) is 107 Å². The Labute approximate surface area is 774 Å². The maximum atomic E-state index is 15.4. The number of carbonyl (C=O) groups excluding carboxylic acids is 16. The lowest BCUT2D eigenvalue weighted by Crippen LogP contribution is -2.62. The predicted octanol–water partition coefficient (Wildman–Crippen LogP) is -5.70. The summed E-state index contributed by atoms with van der Waals surface area (Å²) in [5.74, 6) is -19.6. The Morgan fingerprint density at radius 3 is 1.17 bits per heavy atom. The number of rotatable bonds is 57. The summed E-state index contributed by atoms with van der Waals surface area (Å²) in [6, 6.07) is 3.35. The van der Waals surface area contributed by atoms with E-state index in [1.165, 1.54) is 67.8 Å². The maximum absolute atomic E-state index is 15.4. The fraction of sp³-hybridized carbons (Fsp3) is 0.447. The lowest BCUT2D eigenvalue weighted by molar-refractivity contribution is -0.139. The molecule has 0 fully saturated rings. The van der Waals surface area contributed by atoms with Gasteiger partial charge in [0, 0.05) is 104 Å². The van der Waals surface area contributed by atoms with Gasteiger partial charge < -0.3 is 144 Å². The summed E-state index contributed by atoms with van der Waals surface area (Å²) in [6.45, 7) is 3.03. The molecule has 0 bridgehead atoms. The van der Waals surface area contributed by atoms with Gasteiger partial charge >= 0.3 is 5.97 Å². The van der Waals surface area contributed by atoms with Gasteiger partial charge in [-0.15, -0.1) is 0 Å².